The van der Waals surface area contributed by atoms with Crippen molar-refractivity contribution in [2.45, 2.75) is 52.6 Å². The fraction of sp³-hybridized carbons (Fsp3) is 0.333. The van der Waals surface area contributed by atoms with Gasteiger partial charge < -0.3 is 9.47 Å². The number of benzene rings is 3. The molecule has 0 N–H and O–H groups in total. The topological polar surface area (TPSA) is 38.1 Å². The summed E-state index contributed by atoms with van der Waals surface area (Å²) in [4.78, 5) is 20.9. The van der Waals surface area contributed by atoms with E-state index >= 15 is 4.39 Å². The summed E-state index contributed by atoms with van der Waals surface area (Å²) in [5, 5.41) is 0. The fourth-order valence-corrected chi connectivity index (χ4v) is 5.51. The predicted octanol–water partition coefficient (Wildman–Crippen LogP) is 6.89. The number of alkyl halides is 1. The van der Waals surface area contributed by atoms with Gasteiger partial charge in [0, 0.05) is 6.54 Å². The third kappa shape index (κ3) is 3.80. The van der Waals surface area contributed by atoms with Crippen LogP contribution in [0.25, 0.3) is 22.2 Å². The minimum atomic E-state index is -0.794. The lowest BCUT2D eigenvalue weighted by atomic mass is 9.93. The summed E-state index contributed by atoms with van der Waals surface area (Å²) in [5.74, 6) is -0.208. The van der Waals surface area contributed by atoms with Crippen LogP contribution in [0.4, 0.5) is 8.78 Å². The molecule has 2 heterocycles. The van der Waals surface area contributed by atoms with Gasteiger partial charge >= 0.3 is 0 Å². The fourth-order valence-electron chi connectivity index (χ4n) is 5.51. The first-order chi connectivity index (χ1) is 17.3. The first-order valence-electron chi connectivity index (χ1n) is 12.5. The van der Waals surface area contributed by atoms with Crippen molar-refractivity contribution in [1.82, 2.24) is 14.5 Å². The van der Waals surface area contributed by atoms with Gasteiger partial charge in [-0.05, 0) is 80.5 Å². The molecule has 6 heteroatoms. The number of hydrogen-bond donors (Lipinski definition) is 0. The van der Waals surface area contributed by atoms with E-state index in [9.17, 15) is 9.18 Å². The van der Waals surface area contributed by atoms with Gasteiger partial charge in [0.25, 0.3) is 5.91 Å². The lowest BCUT2D eigenvalue weighted by Gasteiger charge is -2.35. The summed E-state index contributed by atoms with van der Waals surface area (Å²) >= 11 is 0. The number of carbonyl (C=O) groups excluding carboxylic acids is 1. The van der Waals surface area contributed by atoms with Crippen molar-refractivity contribution in [3.8, 4) is 11.1 Å². The minimum Gasteiger partial charge on any atom is -0.326 e. The van der Waals surface area contributed by atoms with E-state index in [2.05, 4.69) is 0 Å². The Morgan fingerprint density at radius 1 is 1.03 bits per heavy atom. The Morgan fingerprint density at radius 3 is 2.47 bits per heavy atom. The smallest absolute Gasteiger partial charge is 0.258 e. The number of aryl methyl sites for hydroxylation is 4. The Morgan fingerprint density at radius 2 is 1.75 bits per heavy atom. The van der Waals surface area contributed by atoms with Crippen molar-refractivity contribution in [1.29, 1.82) is 0 Å². The lowest BCUT2D eigenvalue weighted by Crippen LogP contribution is -2.45. The molecule has 1 fully saturated rings. The summed E-state index contributed by atoms with van der Waals surface area (Å²) < 4.78 is 31.3. The van der Waals surface area contributed by atoms with Crippen molar-refractivity contribution in [3.63, 3.8) is 0 Å². The summed E-state index contributed by atoms with van der Waals surface area (Å²) in [6.45, 7) is 7.80. The summed E-state index contributed by atoms with van der Waals surface area (Å²) in [6.07, 6.45) is 1.42. The van der Waals surface area contributed by atoms with E-state index in [1.165, 1.54) is 0 Å². The number of nitrogens with zero attached hydrogens (tertiary/aromatic N) is 3. The molecule has 1 aliphatic heterocycles. The van der Waals surface area contributed by atoms with Crippen molar-refractivity contribution in [3.05, 3.63) is 88.5 Å². The van der Waals surface area contributed by atoms with Gasteiger partial charge in [-0.2, -0.15) is 0 Å². The second-order valence-corrected chi connectivity index (χ2v) is 10.0. The average molecular weight is 488 g/mol. The molecule has 3 aromatic carbocycles. The second-order valence-electron chi connectivity index (χ2n) is 10.0. The first-order valence-corrected chi connectivity index (χ1v) is 12.5. The van der Waals surface area contributed by atoms with E-state index in [0.717, 1.165) is 34.1 Å². The molecule has 1 saturated heterocycles. The molecule has 4 aromatic rings. The maximum atomic E-state index is 15.6. The number of hydrogen-bond acceptors (Lipinski definition) is 2. The molecular weight excluding hydrogens is 456 g/mol. The van der Waals surface area contributed by atoms with Gasteiger partial charge in [0.05, 0.1) is 28.7 Å². The lowest BCUT2D eigenvalue weighted by molar-refractivity contribution is 0.0593. The third-order valence-corrected chi connectivity index (χ3v) is 7.67. The highest BCUT2D eigenvalue weighted by molar-refractivity contribution is 6.02. The number of halogens is 2. The van der Waals surface area contributed by atoms with Gasteiger partial charge in [0.15, 0.2) is 0 Å². The van der Waals surface area contributed by atoms with Crippen LogP contribution in [0.15, 0.2) is 54.6 Å². The maximum Gasteiger partial charge on any atom is 0.258 e. The minimum absolute atomic E-state index is 0.0779. The molecule has 186 valence electrons. The van der Waals surface area contributed by atoms with E-state index in [1.807, 2.05) is 73.9 Å². The van der Waals surface area contributed by atoms with E-state index in [4.69, 9.17) is 4.98 Å². The number of aromatic nitrogens is 2. The molecule has 36 heavy (non-hydrogen) atoms. The molecule has 5 rings (SSSR count). The van der Waals surface area contributed by atoms with Gasteiger partial charge in [-0.3, -0.25) is 4.79 Å². The quantitative estimate of drug-likeness (QED) is 0.307. The molecule has 0 bridgehead atoms. The Bertz CT molecular complexity index is 1460. The number of amides is 1. The Labute approximate surface area is 210 Å². The predicted molar refractivity (Wildman–Crippen MR) is 139 cm³/mol. The standard InChI is InChI=1S/C30H31F2N3O/c1-19-11-12-23(22-9-6-5-7-10-22)26(27(19)32)28(36)35-15-8-13-30(35,4)29-33-24-17-20(2)21(3)18-25(24)34(29)16-14-31/h5-7,9-12,17-18H,8,13-16H2,1-4H3/t30-/m0/s1. The molecule has 0 unspecified atom stereocenters. The largest absolute Gasteiger partial charge is 0.326 e. The average Bonchev–Trinajstić information content (AvgIpc) is 3.43. The highest BCUT2D eigenvalue weighted by atomic mass is 19.1. The number of imidazole rings is 1. The molecule has 0 spiro atoms. The molecule has 1 atom stereocenters. The van der Waals surface area contributed by atoms with Gasteiger partial charge in [-0.1, -0.05) is 42.5 Å². The zero-order valence-electron chi connectivity index (χ0n) is 21.2. The van der Waals surface area contributed by atoms with Crippen LogP contribution in [0.1, 0.15) is 52.6 Å². The SMILES string of the molecule is Cc1cc2nc([C@]3(C)CCCN3C(=O)c3c(-c4ccccc4)ccc(C)c3F)n(CCF)c2cc1C. The number of rotatable bonds is 5. The second kappa shape index (κ2) is 9.16. The van der Waals surface area contributed by atoms with E-state index in [1.54, 1.807) is 17.9 Å². The van der Waals surface area contributed by atoms with Crippen LogP contribution in [0.3, 0.4) is 0 Å². The van der Waals surface area contributed by atoms with Gasteiger partial charge in [0.2, 0.25) is 0 Å². The van der Waals surface area contributed by atoms with Crippen LogP contribution < -0.4 is 0 Å². The van der Waals surface area contributed by atoms with Crippen LogP contribution in [0.2, 0.25) is 0 Å². The van der Waals surface area contributed by atoms with E-state index in [0.29, 0.717) is 29.9 Å². The number of fused-ring (bicyclic) bond motifs is 1. The third-order valence-electron chi connectivity index (χ3n) is 7.67. The molecule has 1 aromatic heterocycles. The highest BCUT2D eigenvalue weighted by Crippen LogP contribution is 2.42. The van der Waals surface area contributed by atoms with Crippen molar-refractivity contribution in [2.75, 3.05) is 13.2 Å². The molecule has 0 saturated carbocycles. The molecule has 1 aliphatic rings. The van der Waals surface area contributed by atoms with Crippen molar-refractivity contribution in [2.24, 2.45) is 0 Å². The zero-order valence-corrected chi connectivity index (χ0v) is 21.2. The summed E-state index contributed by atoms with van der Waals surface area (Å²) in [5.41, 5.74) is 4.93. The normalized spacial score (nSPS) is 17.8. The zero-order chi connectivity index (χ0) is 25.6. The highest BCUT2D eigenvalue weighted by Gasteiger charge is 2.46. The van der Waals surface area contributed by atoms with Crippen LogP contribution in [0, 0.1) is 26.6 Å². The molecule has 0 aliphatic carbocycles. The van der Waals surface area contributed by atoms with E-state index in [-0.39, 0.29) is 18.0 Å². The van der Waals surface area contributed by atoms with Gasteiger partial charge in [-0.25, -0.2) is 13.8 Å². The van der Waals surface area contributed by atoms with Gasteiger partial charge in [0.1, 0.15) is 18.3 Å². The molecule has 4 nitrogen and oxygen atoms in total. The van der Waals surface area contributed by atoms with Crippen molar-refractivity contribution >= 4 is 16.9 Å². The Kier molecular flexibility index (Phi) is 6.15. The van der Waals surface area contributed by atoms with Crippen LogP contribution in [-0.4, -0.2) is 33.6 Å². The Hall–Kier alpha value is -3.54. The van der Waals surface area contributed by atoms with E-state index < -0.39 is 18.0 Å². The Balaban J connectivity index is 1.67. The monoisotopic (exact) mass is 487 g/mol. The van der Waals surface area contributed by atoms with Crippen molar-refractivity contribution < 1.29 is 13.6 Å². The number of likely N-dealkylation sites (tertiary alicyclic amines) is 1. The van der Waals surface area contributed by atoms with Gasteiger partial charge in [-0.15, -0.1) is 0 Å². The summed E-state index contributed by atoms with van der Waals surface area (Å²) in [6, 6.07) is 17.0. The number of carbonyl (C=O) groups is 1. The molecular formula is C30H31F2N3O. The molecule has 1 amide bonds. The van der Waals surface area contributed by atoms with Crippen LogP contribution in [-0.2, 0) is 12.1 Å². The van der Waals surface area contributed by atoms with Crippen LogP contribution >= 0.6 is 0 Å². The summed E-state index contributed by atoms with van der Waals surface area (Å²) in [7, 11) is 0. The maximum absolute atomic E-state index is 15.6. The first kappa shape index (κ1) is 24.2. The molecule has 0 radical (unpaired) electrons. The van der Waals surface area contributed by atoms with Crippen LogP contribution in [0.5, 0.6) is 0 Å².